The summed E-state index contributed by atoms with van der Waals surface area (Å²) in [6.45, 7) is 1.46. The van der Waals surface area contributed by atoms with E-state index in [1.54, 1.807) is 48.5 Å². The Morgan fingerprint density at radius 2 is 1.76 bits per heavy atom. The van der Waals surface area contributed by atoms with Gasteiger partial charge in [0.2, 0.25) is 9.84 Å². The number of aromatic nitrogens is 1. The monoisotopic (exact) mass is 299 g/mol. The van der Waals surface area contributed by atoms with Crippen LogP contribution in [0, 0.1) is 0 Å². The Morgan fingerprint density at radius 3 is 2.43 bits per heavy atom. The highest BCUT2D eigenvalue weighted by molar-refractivity contribution is 7.91. The molecule has 5 heteroatoms. The molecule has 0 saturated carbocycles. The topological polar surface area (TPSA) is 67.0 Å². The molecule has 0 aliphatic rings. The Hall–Kier alpha value is -2.40. The zero-order chi connectivity index (χ0) is 15.0. The van der Waals surface area contributed by atoms with E-state index in [1.165, 1.54) is 13.1 Å². The third-order valence-corrected chi connectivity index (χ3v) is 5.20. The van der Waals surface area contributed by atoms with Crippen LogP contribution >= 0.6 is 0 Å². The maximum absolute atomic E-state index is 12.7. The number of carbonyl (C=O) groups excluding carboxylic acids is 1. The SMILES string of the molecule is CC(=O)c1ccc2[nH]cc(S(=O)(=O)c3ccccc3)c2c1. The Kier molecular flexibility index (Phi) is 3.14. The summed E-state index contributed by atoms with van der Waals surface area (Å²) in [7, 11) is -3.61. The van der Waals surface area contributed by atoms with Crippen LogP contribution < -0.4 is 0 Å². The standard InChI is InChI=1S/C16H13NO3S/c1-11(18)12-7-8-15-14(9-12)16(10-17-15)21(19,20)13-5-3-2-4-6-13/h2-10,17H,1H3. The normalized spacial score (nSPS) is 11.7. The lowest BCUT2D eigenvalue weighted by Crippen LogP contribution is -2.01. The third kappa shape index (κ3) is 2.25. The summed E-state index contributed by atoms with van der Waals surface area (Å²) in [6.07, 6.45) is 1.47. The van der Waals surface area contributed by atoms with Gasteiger partial charge in [0.25, 0.3) is 0 Å². The molecule has 0 amide bonds. The molecule has 3 rings (SSSR count). The van der Waals surface area contributed by atoms with Crippen LogP contribution in [-0.2, 0) is 9.84 Å². The zero-order valence-corrected chi connectivity index (χ0v) is 12.1. The molecule has 0 atom stereocenters. The summed E-state index contributed by atoms with van der Waals surface area (Å²) < 4.78 is 25.4. The van der Waals surface area contributed by atoms with E-state index in [2.05, 4.69) is 4.98 Å². The summed E-state index contributed by atoms with van der Waals surface area (Å²) in [6, 6.07) is 13.3. The molecule has 106 valence electrons. The van der Waals surface area contributed by atoms with E-state index in [1.807, 2.05) is 0 Å². The van der Waals surface area contributed by atoms with E-state index in [4.69, 9.17) is 0 Å². The van der Waals surface area contributed by atoms with Gasteiger partial charge in [0.15, 0.2) is 5.78 Å². The molecule has 1 heterocycles. The lowest BCUT2D eigenvalue weighted by Gasteiger charge is -2.03. The highest BCUT2D eigenvalue weighted by Crippen LogP contribution is 2.28. The van der Waals surface area contributed by atoms with Gasteiger partial charge in [-0.15, -0.1) is 0 Å². The van der Waals surface area contributed by atoms with Crippen LogP contribution in [0.2, 0.25) is 0 Å². The van der Waals surface area contributed by atoms with Crippen LogP contribution in [0.4, 0.5) is 0 Å². The maximum atomic E-state index is 12.7. The third-order valence-electron chi connectivity index (χ3n) is 3.39. The van der Waals surface area contributed by atoms with Gasteiger partial charge < -0.3 is 4.98 Å². The van der Waals surface area contributed by atoms with E-state index in [0.717, 1.165) is 0 Å². The predicted molar refractivity (Wildman–Crippen MR) is 80.2 cm³/mol. The number of H-pyrrole nitrogens is 1. The fraction of sp³-hybridized carbons (Fsp3) is 0.0625. The van der Waals surface area contributed by atoms with Gasteiger partial charge in [-0.2, -0.15) is 0 Å². The number of sulfone groups is 1. The van der Waals surface area contributed by atoms with E-state index in [-0.39, 0.29) is 15.6 Å². The largest absolute Gasteiger partial charge is 0.360 e. The van der Waals surface area contributed by atoms with Gasteiger partial charge in [0.1, 0.15) is 0 Å². The van der Waals surface area contributed by atoms with E-state index < -0.39 is 9.84 Å². The minimum absolute atomic E-state index is 0.0961. The highest BCUT2D eigenvalue weighted by Gasteiger charge is 2.21. The van der Waals surface area contributed by atoms with Crippen LogP contribution in [0.25, 0.3) is 10.9 Å². The summed E-state index contributed by atoms with van der Waals surface area (Å²) in [4.78, 5) is 14.8. The number of fused-ring (bicyclic) bond motifs is 1. The lowest BCUT2D eigenvalue weighted by molar-refractivity contribution is 0.101. The number of Topliss-reactive ketones (excluding diaryl/α,β-unsaturated/α-hetero) is 1. The molecule has 0 radical (unpaired) electrons. The molecule has 0 fully saturated rings. The van der Waals surface area contributed by atoms with Crippen molar-refractivity contribution in [1.82, 2.24) is 4.98 Å². The first kappa shape index (κ1) is 13.6. The highest BCUT2D eigenvalue weighted by atomic mass is 32.2. The smallest absolute Gasteiger partial charge is 0.208 e. The van der Waals surface area contributed by atoms with Crippen molar-refractivity contribution in [2.45, 2.75) is 16.7 Å². The molecular formula is C16H13NO3S. The molecule has 3 aromatic rings. The van der Waals surface area contributed by atoms with Gasteiger partial charge >= 0.3 is 0 Å². The molecule has 0 spiro atoms. The molecule has 0 saturated heterocycles. The van der Waals surface area contributed by atoms with Crippen LogP contribution in [0.1, 0.15) is 17.3 Å². The van der Waals surface area contributed by atoms with Crippen molar-refractivity contribution < 1.29 is 13.2 Å². The van der Waals surface area contributed by atoms with Crippen LogP contribution in [0.5, 0.6) is 0 Å². The number of hydrogen-bond acceptors (Lipinski definition) is 3. The fourth-order valence-corrected chi connectivity index (χ4v) is 3.70. The van der Waals surface area contributed by atoms with Crippen LogP contribution in [-0.4, -0.2) is 19.2 Å². The maximum Gasteiger partial charge on any atom is 0.208 e. The van der Waals surface area contributed by atoms with Crippen molar-refractivity contribution >= 4 is 26.5 Å². The second-order valence-electron chi connectivity index (χ2n) is 4.79. The molecule has 1 aromatic heterocycles. The zero-order valence-electron chi connectivity index (χ0n) is 11.3. The quantitative estimate of drug-likeness (QED) is 0.755. The number of benzene rings is 2. The summed E-state index contributed by atoms with van der Waals surface area (Å²) in [5.74, 6) is -0.0961. The number of rotatable bonds is 3. The van der Waals surface area contributed by atoms with Gasteiger partial charge in [-0.3, -0.25) is 4.79 Å². The Morgan fingerprint density at radius 1 is 1.05 bits per heavy atom. The molecule has 1 N–H and O–H groups in total. The molecule has 4 nitrogen and oxygen atoms in total. The number of ketones is 1. The summed E-state index contributed by atoms with van der Waals surface area (Å²) >= 11 is 0. The van der Waals surface area contributed by atoms with Crippen molar-refractivity contribution in [3.63, 3.8) is 0 Å². The van der Waals surface area contributed by atoms with Gasteiger partial charge in [0.05, 0.1) is 9.79 Å². The Balaban J connectivity index is 2.26. The molecule has 0 aliphatic heterocycles. The van der Waals surface area contributed by atoms with Crippen LogP contribution in [0.3, 0.4) is 0 Å². The van der Waals surface area contributed by atoms with E-state index >= 15 is 0 Å². The first-order chi connectivity index (χ1) is 10.00. The lowest BCUT2D eigenvalue weighted by atomic mass is 10.1. The van der Waals surface area contributed by atoms with Crippen molar-refractivity contribution in [1.29, 1.82) is 0 Å². The second-order valence-corrected chi connectivity index (χ2v) is 6.70. The minimum atomic E-state index is -3.61. The molecule has 0 aliphatic carbocycles. The van der Waals surface area contributed by atoms with E-state index in [9.17, 15) is 13.2 Å². The molecule has 0 bridgehead atoms. The molecular weight excluding hydrogens is 286 g/mol. The summed E-state index contributed by atoms with van der Waals surface area (Å²) in [5.41, 5.74) is 1.18. The molecule has 21 heavy (non-hydrogen) atoms. The van der Waals surface area contributed by atoms with Gasteiger partial charge in [0, 0.05) is 22.7 Å². The first-order valence-corrected chi connectivity index (χ1v) is 7.90. The number of nitrogens with one attached hydrogen (secondary N) is 1. The average Bonchev–Trinajstić information content (AvgIpc) is 2.91. The molecule has 0 unspecified atom stereocenters. The van der Waals surface area contributed by atoms with Gasteiger partial charge in [-0.25, -0.2) is 8.42 Å². The van der Waals surface area contributed by atoms with Crippen molar-refractivity contribution in [2.24, 2.45) is 0 Å². The average molecular weight is 299 g/mol. The van der Waals surface area contributed by atoms with Gasteiger partial charge in [-0.05, 0) is 37.3 Å². The number of carbonyl (C=O) groups is 1. The van der Waals surface area contributed by atoms with Crippen LogP contribution in [0.15, 0.2) is 64.5 Å². The fourth-order valence-electron chi connectivity index (χ4n) is 2.26. The van der Waals surface area contributed by atoms with Crippen molar-refractivity contribution in [3.8, 4) is 0 Å². The first-order valence-electron chi connectivity index (χ1n) is 6.42. The Labute approximate surface area is 122 Å². The number of aromatic amines is 1. The predicted octanol–water partition coefficient (Wildman–Crippen LogP) is 3.20. The number of hydrogen-bond donors (Lipinski definition) is 1. The Bertz CT molecular complexity index is 925. The summed E-state index contributed by atoms with van der Waals surface area (Å²) in [5, 5.41) is 0.534. The van der Waals surface area contributed by atoms with Crippen molar-refractivity contribution in [3.05, 3.63) is 60.3 Å². The second kappa shape index (κ2) is 4.86. The van der Waals surface area contributed by atoms with E-state index in [0.29, 0.717) is 16.5 Å². The molecule has 2 aromatic carbocycles. The minimum Gasteiger partial charge on any atom is -0.360 e. The van der Waals surface area contributed by atoms with Gasteiger partial charge in [-0.1, -0.05) is 18.2 Å². The van der Waals surface area contributed by atoms with Crippen molar-refractivity contribution in [2.75, 3.05) is 0 Å².